The lowest BCUT2D eigenvalue weighted by molar-refractivity contribution is 0.210. The quantitative estimate of drug-likeness (QED) is 0.822. The first-order valence-electron chi connectivity index (χ1n) is 5.79. The van der Waals surface area contributed by atoms with E-state index in [4.69, 9.17) is 11.6 Å². The van der Waals surface area contributed by atoms with Gasteiger partial charge in [0.2, 0.25) is 0 Å². The second-order valence-corrected chi connectivity index (χ2v) is 5.26. The fourth-order valence-electron chi connectivity index (χ4n) is 1.31. The van der Waals surface area contributed by atoms with Gasteiger partial charge in [-0.25, -0.2) is 9.97 Å². The van der Waals surface area contributed by atoms with Crippen LogP contribution in [0.1, 0.15) is 26.3 Å². The van der Waals surface area contributed by atoms with Gasteiger partial charge in [-0.1, -0.05) is 18.5 Å². The molecule has 0 aliphatic carbocycles. The van der Waals surface area contributed by atoms with Gasteiger partial charge in [0, 0.05) is 17.6 Å². The van der Waals surface area contributed by atoms with E-state index in [2.05, 4.69) is 48.1 Å². The van der Waals surface area contributed by atoms with E-state index in [1.807, 2.05) is 6.92 Å². The molecule has 0 amide bonds. The number of nitrogens with one attached hydrogen (secondary N) is 1. The molecule has 1 rings (SSSR count). The summed E-state index contributed by atoms with van der Waals surface area (Å²) in [6.45, 7) is 7.20. The second kappa shape index (κ2) is 5.65. The average molecular weight is 257 g/mol. The smallest absolute Gasteiger partial charge is 0.137 e. The average Bonchev–Trinajstić information content (AvgIpc) is 2.26. The van der Waals surface area contributed by atoms with Gasteiger partial charge in [0.15, 0.2) is 0 Å². The van der Waals surface area contributed by atoms with Crippen molar-refractivity contribution in [2.24, 2.45) is 0 Å². The van der Waals surface area contributed by atoms with Gasteiger partial charge < -0.3 is 10.2 Å². The number of aromatic nitrogens is 2. The molecule has 1 N–H and O–H groups in total. The fourth-order valence-corrected chi connectivity index (χ4v) is 1.58. The molecule has 0 spiro atoms. The van der Waals surface area contributed by atoms with Gasteiger partial charge in [0.25, 0.3) is 0 Å². The van der Waals surface area contributed by atoms with Gasteiger partial charge >= 0.3 is 0 Å². The van der Waals surface area contributed by atoms with Crippen molar-refractivity contribution in [3.05, 3.63) is 17.0 Å². The maximum atomic E-state index is 6.04. The summed E-state index contributed by atoms with van der Waals surface area (Å²) in [6.07, 6.45) is 2.32. The summed E-state index contributed by atoms with van der Waals surface area (Å²) >= 11 is 6.04. The van der Waals surface area contributed by atoms with Crippen LogP contribution in [-0.2, 0) is 6.42 Å². The molecule has 0 aromatic carbocycles. The van der Waals surface area contributed by atoms with Crippen LogP contribution in [0.25, 0.3) is 0 Å². The number of likely N-dealkylation sites (N-methyl/N-ethyl adjacent to an activating group) is 1. The van der Waals surface area contributed by atoms with Crippen molar-refractivity contribution in [1.29, 1.82) is 0 Å². The Morgan fingerprint density at radius 3 is 2.53 bits per heavy atom. The Bertz CT molecular complexity index is 377. The molecule has 1 aromatic rings. The van der Waals surface area contributed by atoms with Crippen molar-refractivity contribution in [3.8, 4) is 0 Å². The minimum Gasteiger partial charge on any atom is -0.368 e. The van der Waals surface area contributed by atoms with Crippen molar-refractivity contribution >= 4 is 17.4 Å². The second-order valence-electron chi connectivity index (χ2n) is 4.91. The van der Waals surface area contributed by atoms with Crippen LogP contribution in [0.4, 0.5) is 5.82 Å². The largest absolute Gasteiger partial charge is 0.368 e. The topological polar surface area (TPSA) is 41.1 Å². The van der Waals surface area contributed by atoms with Gasteiger partial charge in [-0.05, 0) is 34.4 Å². The third kappa shape index (κ3) is 3.54. The highest BCUT2D eigenvalue weighted by Gasteiger charge is 2.20. The minimum absolute atomic E-state index is 0.0580. The van der Waals surface area contributed by atoms with E-state index in [1.165, 1.54) is 6.33 Å². The van der Waals surface area contributed by atoms with Gasteiger partial charge in [-0.2, -0.15) is 0 Å². The fraction of sp³-hybridized carbons (Fsp3) is 0.667. The van der Waals surface area contributed by atoms with Crippen LogP contribution in [0.2, 0.25) is 5.15 Å². The Labute approximate surface area is 108 Å². The van der Waals surface area contributed by atoms with E-state index < -0.39 is 0 Å². The highest BCUT2D eigenvalue weighted by molar-refractivity contribution is 6.30. The van der Waals surface area contributed by atoms with Gasteiger partial charge in [-0.3, -0.25) is 0 Å². The van der Waals surface area contributed by atoms with Crippen molar-refractivity contribution in [2.75, 3.05) is 26.0 Å². The van der Waals surface area contributed by atoms with E-state index in [0.29, 0.717) is 5.15 Å². The van der Waals surface area contributed by atoms with Crippen molar-refractivity contribution in [2.45, 2.75) is 32.7 Å². The highest BCUT2D eigenvalue weighted by atomic mass is 35.5. The van der Waals surface area contributed by atoms with Crippen LogP contribution in [0.5, 0.6) is 0 Å². The molecule has 0 unspecified atom stereocenters. The molecule has 96 valence electrons. The molecule has 0 aliphatic rings. The summed E-state index contributed by atoms with van der Waals surface area (Å²) in [5, 5.41) is 3.88. The van der Waals surface area contributed by atoms with E-state index in [0.717, 1.165) is 24.3 Å². The maximum absolute atomic E-state index is 6.04. The Hall–Kier alpha value is -0.870. The molecule has 4 nitrogen and oxygen atoms in total. The highest BCUT2D eigenvalue weighted by Crippen LogP contribution is 2.21. The molecule has 0 atom stereocenters. The maximum Gasteiger partial charge on any atom is 0.137 e. The zero-order valence-corrected chi connectivity index (χ0v) is 12.0. The van der Waals surface area contributed by atoms with E-state index in [-0.39, 0.29) is 5.54 Å². The molecular formula is C12H21ClN4. The lowest BCUT2D eigenvalue weighted by Crippen LogP contribution is -2.44. The zero-order valence-electron chi connectivity index (χ0n) is 11.2. The molecule has 0 radical (unpaired) electrons. The molecule has 0 bridgehead atoms. The predicted octanol–water partition coefficient (Wildman–Crippen LogP) is 2.44. The third-order valence-electron chi connectivity index (χ3n) is 3.15. The van der Waals surface area contributed by atoms with E-state index in [1.54, 1.807) is 0 Å². The van der Waals surface area contributed by atoms with E-state index >= 15 is 0 Å². The monoisotopic (exact) mass is 256 g/mol. The standard InChI is InChI=1S/C12H21ClN4/c1-6-9-10(13)15-8-16-11(9)14-7-12(2,3)17(4)5/h8H,6-7H2,1-5H3,(H,14,15,16). The first kappa shape index (κ1) is 14.2. The van der Waals surface area contributed by atoms with Crippen molar-refractivity contribution < 1.29 is 0 Å². The number of rotatable bonds is 5. The molecule has 0 aliphatic heterocycles. The molecular weight excluding hydrogens is 236 g/mol. The Morgan fingerprint density at radius 1 is 1.35 bits per heavy atom. The molecule has 1 aromatic heterocycles. The lowest BCUT2D eigenvalue weighted by atomic mass is 10.0. The van der Waals surface area contributed by atoms with Crippen LogP contribution in [-0.4, -0.2) is 41.0 Å². The van der Waals surface area contributed by atoms with E-state index in [9.17, 15) is 0 Å². The van der Waals surface area contributed by atoms with Gasteiger partial charge in [0.05, 0.1) is 0 Å². The summed E-state index contributed by atoms with van der Waals surface area (Å²) in [4.78, 5) is 10.4. The number of anilines is 1. The Balaban J connectivity index is 2.79. The van der Waals surface area contributed by atoms with Crippen LogP contribution in [0.15, 0.2) is 6.33 Å². The van der Waals surface area contributed by atoms with Gasteiger partial charge in [0.1, 0.15) is 17.3 Å². The summed E-state index contributed by atoms with van der Waals surface area (Å²) in [6, 6.07) is 0. The normalized spacial score (nSPS) is 11.9. The molecule has 5 heteroatoms. The minimum atomic E-state index is 0.0580. The Morgan fingerprint density at radius 2 is 2.00 bits per heavy atom. The number of halogens is 1. The number of hydrogen-bond acceptors (Lipinski definition) is 4. The summed E-state index contributed by atoms with van der Waals surface area (Å²) in [5.41, 5.74) is 1.03. The molecule has 0 fully saturated rings. The van der Waals surface area contributed by atoms with Crippen molar-refractivity contribution in [3.63, 3.8) is 0 Å². The summed E-state index contributed by atoms with van der Waals surface area (Å²) < 4.78 is 0. The first-order valence-corrected chi connectivity index (χ1v) is 6.17. The summed E-state index contributed by atoms with van der Waals surface area (Å²) in [7, 11) is 4.13. The Kier molecular flexibility index (Phi) is 4.71. The van der Waals surface area contributed by atoms with Crippen molar-refractivity contribution in [1.82, 2.24) is 14.9 Å². The molecule has 17 heavy (non-hydrogen) atoms. The predicted molar refractivity (Wildman–Crippen MR) is 72.7 cm³/mol. The first-order chi connectivity index (χ1) is 7.88. The lowest BCUT2D eigenvalue weighted by Gasteiger charge is -2.33. The van der Waals surface area contributed by atoms with Gasteiger partial charge in [-0.15, -0.1) is 0 Å². The molecule has 0 saturated carbocycles. The number of hydrogen-bond donors (Lipinski definition) is 1. The third-order valence-corrected chi connectivity index (χ3v) is 3.47. The summed E-state index contributed by atoms with van der Waals surface area (Å²) in [5.74, 6) is 0.836. The zero-order chi connectivity index (χ0) is 13.1. The molecule has 0 saturated heterocycles. The number of nitrogens with zero attached hydrogens (tertiary/aromatic N) is 3. The van der Waals surface area contributed by atoms with Crippen LogP contribution >= 0.6 is 11.6 Å². The van der Waals surface area contributed by atoms with Crippen LogP contribution < -0.4 is 5.32 Å². The van der Waals surface area contributed by atoms with Crippen LogP contribution in [0.3, 0.4) is 0 Å². The van der Waals surface area contributed by atoms with Crippen LogP contribution in [0, 0.1) is 0 Å². The molecule has 1 heterocycles. The SMILES string of the molecule is CCc1c(Cl)ncnc1NCC(C)(C)N(C)C.